The molecule has 25 heavy (non-hydrogen) atoms. The van der Waals surface area contributed by atoms with E-state index in [9.17, 15) is 4.79 Å². The predicted octanol–water partition coefficient (Wildman–Crippen LogP) is 4.00. The van der Waals surface area contributed by atoms with Crippen LogP contribution in [0, 0.1) is 17.6 Å². The molecule has 0 spiro atoms. The maximum atomic E-state index is 12.3. The zero-order valence-electron chi connectivity index (χ0n) is 14.9. The van der Waals surface area contributed by atoms with E-state index in [2.05, 4.69) is 29.4 Å². The van der Waals surface area contributed by atoms with Gasteiger partial charge in [0.05, 0.1) is 0 Å². The van der Waals surface area contributed by atoms with Gasteiger partial charge in [-0.2, -0.15) is 5.10 Å². The number of carbonyl (C=O) groups excluding carboxylic acids is 1. The second-order valence-corrected chi connectivity index (χ2v) is 7.54. The second kappa shape index (κ2) is 7.95. The minimum atomic E-state index is 0.0945. The summed E-state index contributed by atoms with van der Waals surface area (Å²) in [7, 11) is 0. The summed E-state index contributed by atoms with van der Waals surface area (Å²) in [5.41, 5.74) is 2.20. The molecule has 1 aromatic heterocycles. The number of aromatic nitrogens is 3. The lowest BCUT2D eigenvalue weighted by molar-refractivity contribution is -0.122. The number of hydrogen-bond acceptors (Lipinski definition) is 3. The van der Waals surface area contributed by atoms with Crippen molar-refractivity contribution in [2.45, 2.75) is 58.5 Å². The van der Waals surface area contributed by atoms with Crippen LogP contribution in [-0.4, -0.2) is 26.7 Å². The molecule has 0 saturated heterocycles. The first-order valence-corrected chi connectivity index (χ1v) is 9.45. The Morgan fingerprint density at radius 1 is 1.36 bits per heavy atom. The number of hydrogen-bond donors (Lipinski definition) is 2. The van der Waals surface area contributed by atoms with Crippen LogP contribution in [0.5, 0.6) is 0 Å². The molecular weight excluding hydrogens is 332 g/mol. The number of aromatic amines is 1. The molecular formula is C19H26N4OS. The van der Waals surface area contributed by atoms with Gasteiger partial charge in [0.15, 0.2) is 10.6 Å². The van der Waals surface area contributed by atoms with E-state index in [1.165, 1.54) is 18.4 Å². The predicted molar refractivity (Wildman–Crippen MR) is 102 cm³/mol. The maximum absolute atomic E-state index is 12.3. The van der Waals surface area contributed by atoms with Crippen molar-refractivity contribution in [2.75, 3.05) is 0 Å². The van der Waals surface area contributed by atoms with E-state index in [0.29, 0.717) is 29.7 Å². The van der Waals surface area contributed by atoms with Gasteiger partial charge < -0.3 is 5.32 Å². The first-order valence-electron chi connectivity index (χ1n) is 9.04. The summed E-state index contributed by atoms with van der Waals surface area (Å²) in [5.74, 6) is 1.58. The Balaban J connectivity index is 1.63. The molecule has 2 unspecified atom stereocenters. The third kappa shape index (κ3) is 4.57. The highest BCUT2D eigenvalue weighted by Crippen LogP contribution is 2.23. The number of aryl methyl sites for hydroxylation is 1. The summed E-state index contributed by atoms with van der Waals surface area (Å²) < 4.78 is 2.46. The Labute approximate surface area is 153 Å². The first kappa shape index (κ1) is 17.9. The molecule has 6 heteroatoms. The Kier molecular flexibility index (Phi) is 5.68. The van der Waals surface area contributed by atoms with Crippen LogP contribution in [0.2, 0.25) is 0 Å². The van der Waals surface area contributed by atoms with Crippen molar-refractivity contribution in [2.24, 2.45) is 5.92 Å². The van der Waals surface area contributed by atoms with Gasteiger partial charge in [-0.15, -0.1) is 0 Å². The van der Waals surface area contributed by atoms with Gasteiger partial charge in [-0.05, 0) is 37.9 Å². The van der Waals surface area contributed by atoms with E-state index < -0.39 is 0 Å². The van der Waals surface area contributed by atoms with Gasteiger partial charge in [0.25, 0.3) is 0 Å². The summed E-state index contributed by atoms with van der Waals surface area (Å²) >= 11 is 5.34. The molecule has 1 aliphatic carbocycles. The van der Waals surface area contributed by atoms with Crippen molar-refractivity contribution >= 4 is 18.1 Å². The molecule has 1 amide bonds. The third-order valence-corrected chi connectivity index (χ3v) is 5.24. The molecule has 1 fully saturated rings. The van der Waals surface area contributed by atoms with E-state index in [1.807, 2.05) is 28.8 Å². The van der Waals surface area contributed by atoms with Crippen molar-refractivity contribution in [3.63, 3.8) is 0 Å². The van der Waals surface area contributed by atoms with E-state index in [4.69, 9.17) is 12.2 Å². The molecule has 1 saturated carbocycles. The Hall–Kier alpha value is -1.95. The minimum absolute atomic E-state index is 0.0945. The highest BCUT2D eigenvalue weighted by molar-refractivity contribution is 7.71. The lowest BCUT2D eigenvalue weighted by Crippen LogP contribution is -2.38. The average molecular weight is 359 g/mol. The van der Waals surface area contributed by atoms with Gasteiger partial charge in [-0.3, -0.25) is 14.5 Å². The third-order valence-electron chi connectivity index (χ3n) is 4.93. The first-order chi connectivity index (χ1) is 12.0. The smallest absolute Gasteiger partial charge is 0.222 e. The van der Waals surface area contributed by atoms with Gasteiger partial charge in [0.1, 0.15) is 0 Å². The van der Waals surface area contributed by atoms with Crippen LogP contribution in [0.25, 0.3) is 11.4 Å². The molecule has 2 N–H and O–H groups in total. The molecule has 0 bridgehead atoms. The average Bonchev–Trinajstić information content (AvgIpc) is 2.94. The van der Waals surface area contributed by atoms with Gasteiger partial charge >= 0.3 is 0 Å². The Bertz CT molecular complexity index is 777. The summed E-state index contributed by atoms with van der Waals surface area (Å²) in [6.07, 6.45) is 5.08. The largest absolute Gasteiger partial charge is 0.353 e. The van der Waals surface area contributed by atoms with Crippen LogP contribution in [0.15, 0.2) is 24.3 Å². The highest BCUT2D eigenvalue weighted by atomic mass is 32.1. The lowest BCUT2D eigenvalue weighted by atomic mass is 9.87. The molecule has 1 aliphatic rings. The van der Waals surface area contributed by atoms with Gasteiger partial charge in [-0.1, -0.05) is 49.6 Å². The maximum Gasteiger partial charge on any atom is 0.222 e. The molecule has 3 rings (SSSR count). The van der Waals surface area contributed by atoms with Crippen molar-refractivity contribution in [3.05, 3.63) is 34.6 Å². The van der Waals surface area contributed by atoms with Crippen LogP contribution in [0.3, 0.4) is 0 Å². The number of benzene rings is 1. The quantitative estimate of drug-likeness (QED) is 0.794. The molecule has 0 radical (unpaired) electrons. The van der Waals surface area contributed by atoms with Gasteiger partial charge in [0, 0.05) is 24.6 Å². The van der Waals surface area contributed by atoms with E-state index in [1.54, 1.807) is 0 Å². The topological polar surface area (TPSA) is 62.7 Å². The van der Waals surface area contributed by atoms with Crippen molar-refractivity contribution in [1.82, 2.24) is 20.1 Å². The van der Waals surface area contributed by atoms with Crippen molar-refractivity contribution in [1.29, 1.82) is 0 Å². The number of carbonyl (C=O) groups is 1. The van der Waals surface area contributed by atoms with Crippen LogP contribution >= 0.6 is 12.2 Å². The van der Waals surface area contributed by atoms with Crippen molar-refractivity contribution in [3.8, 4) is 11.4 Å². The number of H-pyrrole nitrogens is 1. The molecule has 134 valence electrons. The van der Waals surface area contributed by atoms with Gasteiger partial charge in [-0.25, -0.2) is 0 Å². The van der Waals surface area contributed by atoms with E-state index in [-0.39, 0.29) is 5.91 Å². The fourth-order valence-corrected chi connectivity index (χ4v) is 3.75. The number of nitrogens with one attached hydrogen (secondary N) is 2. The van der Waals surface area contributed by atoms with Crippen LogP contribution < -0.4 is 5.32 Å². The summed E-state index contributed by atoms with van der Waals surface area (Å²) in [6.45, 7) is 4.85. The fourth-order valence-electron chi connectivity index (χ4n) is 3.53. The number of rotatable bonds is 5. The summed E-state index contributed by atoms with van der Waals surface area (Å²) in [6, 6.07) is 8.48. The lowest BCUT2D eigenvalue weighted by Gasteiger charge is -2.27. The number of amides is 1. The monoisotopic (exact) mass is 358 g/mol. The molecule has 0 aliphatic heterocycles. The highest BCUT2D eigenvalue weighted by Gasteiger charge is 2.20. The number of nitrogens with zero attached hydrogens (tertiary/aromatic N) is 2. The normalized spacial score (nSPS) is 20.4. The summed E-state index contributed by atoms with van der Waals surface area (Å²) in [4.78, 5) is 12.3. The van der Waals surface area contributed by atoms with E-state index in [0.717, 1.165) is 24.2 Å². The zero-order chi connectivity index (χ0) is 17.8. The summed E-state index contributed by atoms with van der Waals surface area (Å²) in [5, 5.41) is 10.4. The van der Waals surface area contributed by atoms with Crippen LogP contribution in [-0.2, 0) is 11.3 Å². The molecule has 1 aromatic carbocycles. The molecule has 2 aromatic rings. The van der Waals surface area contributed by atoms with Gasteiger partial charge in [0.2, 0.25) is 5.91 Å². The van der Waals surface area contributed by atoms with Crippen LogP contribution in [0.4, 0.5) is 0 Å². The zero-order valence-corrected chi connectivity index (χ0v) is 15.7. The second-order valence-electron chi connectivity index (χ2n) is 7.16. The molecule has 1 heterocycles. The fraction of sp³-hybridized carbons (Fsp3) is 0.526. The SMILES string of the molecule is Cc1ccc(-c2n[nH]c(=S)n2CCC(=O)NC2CCCC(C)C2)cc1. The molecule has 2 atom stereocenters. The van der Waals surface area contributed by atoms with Crippen LogP contribution in [0.1, 0.15) is 44.6 Å². The van der Waals surface area contributed by atoms with E-state index >= 15 is 0 Å². The molecule has 5 nitrogen and oxygen atoms in total. The minimum Gasteiger partial charge on any atom is -0.353 e. The standard InChI is InChI=1S/C19H26N4OS/c1-13-6-8-15(9-7-13)18-21-22-19(25)23(18)11-10-17(24)20-16-5-3-4-14(2)12-16/h6-9,14,16H,3-5,10-12H2,1-2H3,(H,20,24)(H,22,25). The Morgan fingerprint density at radius 2 is 2.12 bits per heavy atom. The Morgan fingerprint density at radius 3 is 2.84 bits per heavy atom. The van der Waals surface area contributed by atoms with Crippen molar-refractivity contribution < 1.29 is 4.79 Å².